The average Bonchev–Trinajstić information content (AvgIpc) is 3.42. The maximum Gasteiger partial charge on any atom is -0.00707 e. The topological polar surface area (TPSA) is 0 Å². The van der Waals surface area contributed by atoms with E-state index in [4.69, 9.17) is 0 Å². The van der Waals surface area contributed by atoms with Gasteiger partial charge < -0.3 is 0 Å². The van der Waals surface area contributed by atoms with Gasteiger partial charge in [-0.1, -0.05) is 73.3 Å². The molecule has 2 aliphatic rings. The molecule has 3 aromatic rings. The zero-order chi connectivity index (χ0) is 16.3. The molecule has 2 aliphatic carbocycles. The van der Waals surface area contributed by atoms with Crippen LogP contribution in [0.25, 0.3) is 16.3 Å². The highest BCUT2D eigenvalue weighted by Gasteiger charge is 2.46. The van der Waals surface area contributed by atoms with Crippen LogP contribution in [0.1, 0.15) is 34.6 Å². The minimum atomic E-state index is 0.665. The number of benzene rings is 3. The van der Waals surface area contributed by atoms with Gasteiger partial charge in [0.25, 0.3) is 0 Å². The van der Waals surface area contributed by atoms with Crippen LogP contribution in [0.15, 0.2) is 78.9 Å². The molecule has 0 bridgehead atoms. The lowest BCUT2D eigenvalue weighted by Gasteiger charge is -2.23. The van der Waals surface area contributed by atoms with Crippen molar-refractivity contribution in [2.24, 2.45) is 5.92 Å². The van der Waals surface area contributed by atoms with Crippen molar-refractivity contribution in [2.45, 2.75) is 19.3 Å². The molecule has 0 heterocycles. The molecule has 2 atom stereocenters. The standard InChI is InChI=1S/C24H20/c1-3-17-22-14-23(22)20-10-6-7-11-21(20)24(17)19-13-12-16-8-4-5-9-18(16)15(19)2/h3-13,22-23H,1,14H2,2H3. The van der Waals surface area contributed by atoms with Crippen LogP contribution in [0, 0.1) is 12.8 Å². The Morgan fingerprint density at radius 2 is 1.67 bits per heavy atom. The van der Waals surface area contributed by atoms with Crippen molar-refractivity contribution in [3.05, 3.63) is 101 Å². The van der Waals surface area contributed by atoms with E-state index in [2.05, 4.69) is 80.2 Å². The summed E-state index contributed by atoms with van der Waals surface area (Å²) in [5, 5.41) is 2.66. The monoisotopic (exact) mass is 308 g/mol. The minimum Gasteiger partial charge on any atom is -0.0988 e. The van der Waals surface area contributed by atoms with Crippen LogP contribution in [0.5, 0.6) is 0 Å². The van der Waals surface area contributed by atoms with Crippen LogP contribution in [0.2, 0.25) is 0 Å². The van der Waals surface area contributed by atoms with Gasteiger partial charge in [-0.3, -0.25) is 0 Å². The Balaban J connectivity index is 1.84. The number of fused-ring (bicyclic) bond motifs is 4. The molecule has 0 spiro atoms. The van der Waals surface area contributed by atoms with E-state index in [1.165, 1.54) is 50.6 Å². The number of allylic oxidation sites excluding steroid dienone is 2. The smallest absolute Gasteiger partial charge is 0.00707 e. The molecule has 0 saturated heterocycles. The first-order chi connectivity index (χ1) is 11.8. The number of hydrogen-bond acceptors (Lipinski definition) is 0. The Morgan fingerprint density at radius 3 is 2.54 bits per heavy atom. The average molecular weight is 308 g/mol. The van der Waals surface area contributed by atoms with Gasteiger partial charge in [0.1, 0.15) is 0 Å². The van der Waals surface area contributed by atoms with E-state index in [1.54, 1.807) is 0 Å². The fraction of sp³-hybridized carbons (Fsp3) is 0.167. The Labute approximate surface area is 143 Å². The van der Waals surface area contributed by atoms with Gasteiger partial charge in [0, 0.05) is 0 Å². The SMILES string of the molecule is C=CC1=C(c2ccc3ccccc3c2C)c2ccccc2C2CC12. The summed E-state index contributed by atoms with van der Waals surface area (Å²) in [6.45, 7) is 6.40. The summed E-state index contributed by atoms with van der Waals surface area (Å²) in [6, 6.07) is 22.2. The van der Waals surface area contributed by atoms with Crippen LogP contribution in [0.4, 0.5) is 0 Å². The number of aryl methyl sites for hydroxylation is 1. The predicted octanol–water partition coefficient (Wildman–Crippen LogP) is 6.25. The highest BCUT2D eigenvalue weighted by atomic mass is 14.5. The highest BCUT2D eigenvalue weighted by Crippen LogP contribution is 2.59. The molecule has 1 fully saturated rings. The van der Waals surface area contributed by atoms with E-state index < -0.39 is 0 Å². The summed E-state index contributed by atoms with van der Waals surface area (Å²) in [4.78, 5) is 0. The Bertz CT molecular complexity index is 1020. The molecule has 0 N–H and O–H groups in total. The van der Waals surface area contributed by atoms with Crippen LogP contribution in [0.3, 0.4) is 0 Å². The third-order valence-corrected chi connectivity index (χ3v) is 5.80. The molecule has 0 amide bonds. The summed E-state index contributed by atoms with van der Waals surface area (Å²) in [7, 11) is 0. The maximum atomic E-state index is 4.14. The molecular weight excluding hydrogens is 288 g/mol. The normalized spacial score (nSPS) is 21.4. The fourth-order valence-corrected chi connectivity index (χ4v) is 4.52. The van der Waals surface area contributed by atoms with Crippen molar-refractivity contribution in [3.8, 4) is 0 Å². The lowest BCUT2D eigenvalue weighted by molar-refractivity contribution is 0.946. The molecule has 116 valence electrons. The Morgan fingerprint density at radius 1 is 0.875 bits per heavy atom. The number of hydrogen-bond donors (Lipinski definition) is 0. The Kier molecular flexibility index (Phi) is 2.84. The van der Waals surface area contributed by atoms with E-state index in [0.717, 1.165) is 0 Å². The molecule has 24 heavy (non-hydrogen) atoms. The van der Waals surface area contributed by atoms with Crippen LogP contribution >= 0.6 is 0 Å². The van der Waals surface area contributed by atoms with Gasteiger partial charge in [0.05, 0.1) is 0 Å². The van der Waals surface area contributed by atoms with Gasteiger partial charge in [-0.15, -0.1) is 0 Å². The van der Waals surface area contributed by atoms with E-state index >= 15 is 0 Å². The van der Waals surface area contributed by atoms with Crippen molar-refractivity contribution in [2.75, 3.05) is 0 Å². The lowest BCUT2D eigenvalue weighted by atomic mass is 9.80. The van der Waals surface area contributed by atoms with Gasteiger partial charge in [-0.2, -0.15) is 0 Å². The van der Waals surface area contributed by atoms with Crippen molar-refractivity contribution in [1.29, 1.82) is 0 Å². The Hall–Kier alpha value is -2.60. The minimum absolute atomic E-state index is 0.665. The quantitative estimate of drug-likeness (QED) is 0.524. The molecule has 0 radical (unpaired) electrons. The van der Waals surface area contributed by atoms with Crippen molar-refractivity contribution in [3.63, 3.8) is 0 Å². The fourth-order valence-electron chi connectivity index (χ4n) is 4.52. The molecule has 3 aromatic carbocycles. The second kappa shape index (κ2) is 4.95. The molecule has 5 rings (SSSR count). The second-order valence-electron chi connectivity index (χ2n) is 7.03. The second-order valence-corrected chi connectivity index (χ2v) is 7.03. The van der Waals surface area contributed by atoms with E-state index in [9.17, 15) is 0 Å². The van der Waals surface area contributed by atoms with E-state index in [1.807, 2.05) is 0 Å². The zero-order valence-corrected chi connectivity index (χ0v) is 13.9. The molecule has 0 heteroatoms. The largest absolute Gasteiger partial charge is 0.0988 e. The third-order valence-electron chi connectivity index (χ3n) is 5.80. The zero-order valence-electron chi connectivity index (χ0n) is 13.9. The summed E-state index contributed by atoms with van der Waals surface area (Å²) in [5.74, 6) is 1.37. The lowest BCUT2D eigenvalue weighted by Crippen LogP contribution is -2.06. The van der Waals surface area contributed by atoms with Gasteiger partial charge in [0.15, 0.2) is 0 Å². The van der Waals surface area contributed by atoms with Crippen LogP contribution in [-0.4, -0.2) is 0 Å². The van der Waals surface area contributed by atoms with Crippen molar-refractivity contribution >= 4 is 16.3 Å². The molecule has 0 aromatic heterocycles. The first kappa shape index (κ1) is 13.8. The van der Waals surface area contributed by atoms with Crippen LogP contribution in [-0.2, 0) is 0 Å². The summed E-state index contributed by atoms with van der Waals surface area (Å²) >= 11 is 0. The maximum absolute atomic E-state index is 4.14. The first-order valence-electron chi connectivity index (χ1n) is 8.74. The summed E-state index contributed by atoms with van der Waals surface area (Å²) in [5.41, 5.74) is 8.51. The highest BCUT2D eigenvalue weighted by molar-refractivity contribution is 5.96. The molecule has 2 unspecified atom stereocenters. The first-order valence-corrected chi connectivity index (χ1v) is 8.74. The van der Waals surface area contributed by atoms with Gasteiger partial charge in [-0.05, 0) is 69.4 Å². The van der Waals surface area contributed by atoms with E-state index in [-0.39, 0.29) is 0 Å². The van der Waals surface area contributed by atoms with Crippen molar-refractivity contribution < 1.29 is 0 Å². The van der Waals surface area contributed by atoms with E-state index in [0.29, 0.717) is 11.8 Å². The van der Waals surface area contributed by atoms with Crippen LogP contribution < -0.4 is 0 Å². The molecular formula is C24H20. The molecule has 0 aliphatic heterocycles. The molecule has 1 saturated carbocycles. The van der Waals surface area contributed by atoms with Gasteiger partial charge in [0.2, 0.25) is 0 Å². The predicted molar refractivity (Wildman–Crippen MR) is 102 cm³/mol. The summed E-state index contributed by atoms with van der Waals surface area (Å²) in [6.07, 6.45) is 3.37. The summed E-state index contributed by atoms with van der Waals surface area (Å²) < 4.78 is 0. The number of rotatable bonds is 2. The van der Waals surface area contributed by atoms with Gasteiger partial charge >= 0.3 is 0 Å². The van der Waals surface area contributed by atoms with Gasteiger partial charge in [-0.25, -0.2) is 0 Å². The molecule has 0 nitrogen and oxygen atoms in total. The third kappa shape index (κ3) is 1.80. The van der Waals surface area contributed by atoms with Crippen molar-refractivity contribution in [1.82, 2.24) is 0 Å².